The number of methoxy groups -OCH3 is 2. The monoisotopic (exact) mass is 349 g/mol. The molecular weight excluding hydrogens is 334 g/mol. The number of para-hydroxylation sites is 1. The molecule has 0 unspecified atom stereocenters. The highest BCUT2D eigenvalue weighted by molar-refractivity contribution is 6.33. The lowest BCUT2D eigenvalue weighted by Gasteiger charge is -2.11. The summed E-state index contributed by atoms with van der Waals surface area (Å²) in [5.41, 5.74) is 0.613. The summed E-state index contributed by atoms with van der Waals surface area (Å²) in [6.45, 7) is -0.454. The maximum Gasteiger partial charge on any atom is 0.342 e. The van der Waals surface area contributed by atoms with E-state index >= 15 is 0 Å². The molecule has 2 aromatic carbocycles. The van der Waals surface area contributed by atoms with E-state index in [1.54, 1.807) is 36.4 Å². The smallest absolute Gasteiger partial charge is 0.342 e. The van der Waals surface area contributed by atoms with Crippen LogP contribution in [0.1, 0.15) is 10.4 Å². The number of benzene rings is 2. The molecule has 126 valence electrons. The van der Waals surface area contributed by atoms with Crippen LogP contribution in [-0.4, -0.2) is 32.7 Å². The second-order valence-corrected chi connectivity index (χ2v) is 5.08. The summed E-state index contributed by atoms with van der Waals surface area (Å²) in [6, 6.07) is 11.5. The zero-order valence-corrected chi connectivity index (χ0v) is 13.9. The van der Waals surface area contributed by atoms with Gasteiger partial charge in [0.15, 0.2) is 6.61 Å². The Morgan fingerprint density at radius 3 is 2.50 bits per heavy atom. The highest BCUT2D eigenvalue weighted by Crippen LogP contribution is 2.25. The highest BCUT2D eigenvalue weighted by atomic mass is 35.5. The average Bonchev–Trinajstić information content (AvgIpc) is 2.61. The number of hydrogen-bond donors (Lipinski definition) is 1. The molecule has 0 saturated heterocycles. The summed E-state index contributed by atoms with van der Waals surface area (Å²) in [5.74, 6) is -0.394. The van der Waals surface area contributed by atoms with Crippen LogP contribution in [0.5, 0.6) is 11.5 Å². The molecule has 0 atom stereocenters. The molecule has 0 spiro atoms. The third-order valence-corrected chi connectivity index (χ3v) is 3.44. The Labute approximate surface area is 144 Å². The predicted molar refractivity (Wildman–Crippen MR) is 89.9 cm³/mol. The van der Waals surface area contributed by atoms with Crippen LogP contribution >= 0.6 is 11.6 Å². The Bertz CT molecular complexity index is 748. The molecule has 24 heavy (non-hydrogen) atoms. The zero-order valence-electron chi connectivity index (χ0n) is 13.2. The molecule has 1 N–H and O–H groups in total. The molecule has 0 saturated carbocycles. The number of ether oxygens (including phenoxy) is 3. The second kappa shape index (κ2) is 8.21. The molecule has 7 heteroatoms. The van der Waals surface area contributed by atoms with Gasteiger partial charge in [-0.3, -0.25) is 4.79 Å². The van der Waals surface area contributed by atoms with Crippen molar-refractivity contribution in [1.82, 2.24) is 0 Å². The highest BCUT2D eigenvalue weighted by Gasteiger charge is 2.17. The lowest BCUT2D eigenvalue weighted by Crippen LogP contribution is -2.21. The number of esters is 1. The van der Waals surface area contributed by atoms with E-state index < -0.39 is 18.5 Å². The van der Waals surface area contributed by atoms with Crippen molar-refractivity contribution < 1.29 is 23.8 Å². The van der Waals surface area contributed by atoms with Gasteiger partial charge in [0.05, 0.1) is 24.9 Å². The Kier molecular flexibility index (Phi) is 6.03. The lowest BCUT2D eigenvalue weighted by molar-refractivity contribution is -0.119. The number of anilines is 1. The van der Waals surface area contributed by atoms with E-state index in [9.17, 15) is 9.59 Å². The van der Waals surface area contributed by atoms with Crippen LogP contribution < -0.4 is 14.8 Å². The van der Waals surface area contributed by atoms with Gasteiger partial charge in [0.25, 0.3) is 5.91 Å². The minimum absolute atomic E-state index is 0.169. The molecule has 0 aliphatic heterocycles. The average molecular weight is 350 g/mol. The topological polar surface area (TPSA) is 73.9 Å². The van der Waals surface area contributed by atoms with E-state index in [1.165, 1.54) is 20.3 Å². The van der Waals surface area contributed by atoms with Gasteiger partial charge in [-0.25, -0.2) is 4.79 Å². The molecule has 0 radical (unpaired) electrons. The van der Waals surface area contributed by atoms with Gasteiger partial charge in [0.1, 0.15) is 17.1 Å². The number of rotatable bonds is 6. The van der Waals surface area contributed by atoms with Crippen LogP contribution in [0, 0.1) is 0 Å². The maximum absolute atomic E-state index is 12.2. The first-order valence-corrected chi connectivity index (χ1v) is 7.36. The first-order chi connectivity index (χ1) is 11.5. The van der Waals surface area contributed by atoms with Crippen molar-refractivity contribution in [2.24, 2.45) is 0 Å². The minimum atomic E-state index is -0.694. The third-order valence-electron chi connectivity index (χ3n) is 3.11. The van der Waals surface area contributed by atoms with Crippen LogP contribution in [0.15, 0.2) is 42.5 Å². The predicted octanol–water partition coefficient (Wildman–Crippen LogP) is 3.15. The van der Waals surface area contributed by atoms with Crippen molar-refractivity contribution in [3.05, 3.63) is 53.1 Å². The summed E-state index contributed by atoms with van der Waals surface area (Å²) < 4.78 is 15.2. The zero-order chi connectivity index (χ0) is 17.5. The van der Waals surface area contributed by atoms with Crippen molar-refractivity contribution in [2.45, 2.75) is 0 Å². The fraction of sp³-hybridized carbons (Fsp3) is 0.176. The number of carbonyl (C=O) groups excluding carboxylic acids is 2. The standard InChI is InChI=1S/C17H16ClNO5/c1-22-11-7-8-15(23-2)12(9-11)17(21)24-10-16(20)19-14-6-4-3-5-13(14)18/h3-9H,10H2,1-2H3,(H,19,20). The minimum Gasteiger partial charge on any atom is -0.497 e. The van der Waals surface area contributed by atoms with E-state index in [4.69, 9.17) is 25.8 Å². The number of hydrogen-bond acceptors (Lipinski definition) is 5. The first-order valence-electron chi connectivity index (χ1n) is 6.98. The van der Waals surface area contributed by atoms with Gasteiger partial charge in [0.2, 0.25) is 0 Å². The summed E-state index contributed by atoms with van der Waals surface area (Å²) in [5, 5.41) is 2.96. The molecule has 1 amide bonds. The molecule has 2 rings (SSSR count). The van der Waals surface area contributed by atoms with Crippen LogP contribution in [0.2, 0.25) is 5.02 Å². The Hall–Kier alpha value is -2.73. The third kappa shape index (κ3) is 4.39. The second-order valence-electron chi connectivity index (χ2n) is 4.67. The van der Waals surface area contributed by atoms with E-state index in [2.05, 4.69) is 5.32 Å². The lowest BCUT2D eigenvalue weighted by atomic mass is 10.2. The van der Waals surface area contributed by atoms with E-state index in [1.807, 2.05) is 0 Å². The van der Waals surface area contributed by atoms with Gasteiger partial charge in [-0.2, -0.15) is 0 Å². The van der Waals surface area contributed by atoms with E-state index in [0.717, 1.165) is 0 Å². The van der Waals surface area contributed by atoms with Crippen molar-refractivity contribution in [3.8, 4) is 11.5 Å². The molecule has 0 heterocycles. The molecule has 0 aliphatic rings. The van der Waals surface area contributed by atoms with Crippen molar-refractivity contribution in [1.29, 1.82) is 0 Å². The Balaban J connectivity index is 2.00. The number of nitrogens with one attached hydrogen (secondary N) is 1. The molecular formula is C17H16ClNO5. The molecule has 0 aliphatic carbocycles. The maximum atomic E-state index is 12.2. The van der Waals surface area contributed by atoms with Crippen LogP contribution in [0.25, 0.3) is 0 Å². The quantitative estimate of drug-likeness (QED) is 0.811. The van der Waals surface area contributed by atoms with Gasteiger partial charge < -0.3 is 19.5 Å². The van der Waals surface area contributed by atoms with E-state index in [0.29, 0.717) is 22.2 Å². The number of halogens is 1. The van der Waals surface area contributed by atoms with Gasteiger partial charge in [-0.15, -0.1) is 0 Å². The molecule has 0 bridgehead atoms. The van der Waals surface area contributed by atoms with Crippen LogP contribution in [0.4, 0.5) is 5.69 Å². The molecule has 2 aromatic rings. The van der Waals surface area contributed by atoms with Gasteiger partial charge in [-0.1, -0.05) is 23.7 Å². The first kappa shape index (κ1) is 17.6. The Morgan fingerprint density at radius 2 is 1.83 bits per heavy atom. The number of carbonyl (C=O) groups is 2. The summed E-state index contributed by atoms with van der Waals surface area (Å²) in [6.07, 6.45) is 0. The van der Waals surface area contributed by atoms with Crippen molar-refractivity contribution in [3.63, 3.8) is 0 Å². The fourth-order valence-corrected chi connectivity index (χ4v) is 2.11. The normalized spacial score (nSPS) is 9.96. The Morgan fingerprint density at radius 1 is 1.08 bits per heavy atom. The molecule has 0 fully saturated rings. The van der Waals surface area contributed by atoms with Crippen molar-refractivity contribution >= 4 is 29.2 Å². The van der Waals surface area contributed by atoms with Crippen molar-refractivity contribution in [2.75, 3.05) is 26.1 Å². The van der Waals surface area contributed by atoms with Crippen LogP contribution in [-0.2, 0) is 9.53 Å². The summed E-state index contributed by atoms with van der Waals surface area (Å²) >= 11 is 5.95. The fourth-order valence-electron chi connectivity index (χ4n) is 1.93. The summed E-state index contributed by atoms with van der Waals surface area (Å²) in [7, 11) is 2.91. The molecule has 0 aromatic heterocycles. The van der Waals surface area contributed by atoms with Gasteiger partial charge in [0, 0.05) is 0 Å². The van der Waals surface area contributed by atoms with Gasteiger partial charge >= 0.3 is 5.97 Å². The number of amides is 1. The van der Waals surface area contributed by atoms with Gasteiger partial charge in [-0.05, 0) is 30.3 Å². The largest absolute Gasteiger partial charge is 0.497 e. The van der Waals surface area contributed by atoms with Crippen LogP contribution in [0.3, 0.4) is 0 Å². The summed E-state index contributed by atoms with van der Waals surface area (Å²) in [4.78, 5) is 24.0. The molecule has 6 nitrogen and oxygen atoms in total. The SMILES string of the molecule is COc1ccc(OC)c(C(=O)OCC(=O)Nc2ccccc2Cl)c1. The van der Waals surface area contributed by atoms with E-state index in [-0.39, 0.29) is 5.56 Å².